The summed E-state index contributed by atoms with van der Waals surface area (Å²) in [5.41, 5.74) is 6.29. The summed E-state index contributed by atoms with van der Waals surface area (Å²) in [6, 6.07) is 7.22. The Balaban J connectivity index is 2.25. The number of amides is 1. The molecule has 3 N–H and O–H groups in total. The second-order valence-electron chi connectivity index (χ2n) is 4.29. The molecular formula is C15H14F2N2O2. The van der Waals surface area contributed by atoms with E-state index in [0.717, 1.165) is 18.2 Å². The fraction of sp³-hybridized carbons (Fsp3) is 0.133. The van der Waals surface area contributed by atoms with Gasteiger partial charge in [0.15, 0.2) is 17.3 Å². The van der Waals surface area contributed by atoms with Crippen LogP contribution in [0, 0.1) is 11.6 Å². The standard InChI is InChI=1S/C15H14F2N2O2/c1-2-19-15(20)9-3-6-13(12(18)7-9)21-14-8-10(16)4-5-11(14)17/h3-8H,2,18H2,1H3,(H,19,20). The van der Waals surface area contributed by atoms with Gasteiger partial charge in [0.2, 0.25) is 0 Å². The summed E-state index contributed by atoms with van der Waals surface area (Å²) in [6.45, 7) is 2.29. The number of anilines is 1. The van der Waals surface area contributed by atoms with Crippen molar-refractivity contribution < 1.29 is 18.3 Å². The lowest BCUT2D eigenvalue weighted by atomic mass is 10.1. The quantitative estimate of drug-likeness (QED) is 0.851. The number of nitrogen functional groups attached to an aromatic ring is 1. The van der Waals surface area contributed by atoms with Crippen molar-refractivity contribution >= 4 is 11.6 Å². The Kier molecular flexibility index (Phi) is 4.37. The molecule has 21 heavy (non-hydrogen) atoms. The van der Waals surface area contributed by atoms with E-state index in [1.54, 1.807) is 6.92 Å². The van der Waals surface area contributed by atoms with Crippen LogP contribution in [0.1, 0.15) is 17.3 Å². The van der Waals surface area contributed by atoms with Gasteiger partial charge in [0.05, 0.1) is 5.69 Å². The molecule has 2 aromatic rings. The Morgan fingerprint density at radius 3 is 2.62 bits per heavy atom. The summed E-state index contributed by atoms with van der Waals surface area (Å²) in [7, 11) is 0. The van der Waals surface area contributed by atoms with Gasteiger partial charge in [-0.15, -0.1) is 0 Å². The molecule has 0 aliphatic carbocycles. The van der Waals surface area contributed by atoms with E-state index in [2.05, 4.69) is 5.32 Å². The Morgan fingerprint density at radius 2 is 1.95 bits per heavy atom. The number of rotatable bonds is 4. The maximum Gasteiger partial charge on any atom is 0.251 e. The molecule has 0 aliphatic heterocycles. The van der Waals surface area contributed by atoms with Crippen LogP contribution >= 0.6 is 0 Å². The van der Waals surface area contributed by atoms with Gasteiger partial charge in [-0.1, -0.05) is 0 Å². The molecule has 1 amide bonds. The fourth-order valence-electron chi connectivity index (χ4n) is 1.72. The molecule has 4 nitrogen and oxygen atoms in total. The van der Waals surface area contributed by atoms with Crippen LogP contribution in [0.2, 0.25) is 0 Å². The normalized spacial score (nSPS) is 10.2. The molecule has 0 aromatic heterocycles. The average molecular weight is 292 g/mol. The van der Waals surface area contributed by atoms with Crippen LogP contribution in [0.15, 0.2) is 36.4 Å². The molecule has 0 radical (unpaired) electrons. The van der Waals surface area contributed by atoms with Gasteiger partial charge in [-0.05, 0) is 37.3 Å². The molecule has 2 aromatic carbocycles. The third-order valence-electron chi connectivity index (χ3n) is 2.72. The smallest absolute Gasteiger partial charge is 0.251 e. The summed E-state index contributed by atoms with van der Waals surface area (Å²) in [6.07, 6.45) is 0. The molecule has 0 atom stereocenters. The van der Waals surface area contributed by atoms with E-state index in [1.807, 2.05) is 0 Å². The number of nitrogens with two attached hydrogens (primary N) is 1. The van der Waals surface area contributed by atoms with Crippen molar-refractivity contribution in [2.75, 3.05) is 12.3 Å². The second-order valence-corrected chi connectivity index (χ2v) is 4.29. The second kappa shape index (κ2) is 6.21. The maximum absolute atomic E-state index is 13.5. The van der Waals surface area contributed by atoms with Crippen LogP contribution in [0.25, 0.3) is 0 Å². The van der Waals surface area contributed by atoms with Crippen LogP contribution < -0.4 is 15.8 Å². The fourth-order valence-corrected chi connectivity index (χ4v) is 1.72. The predicted octanol–water partition coefficient (Wildman–Crippen LogP) is 3.09. The SMILES string of the molecule is CCNC(=O)c1ccc(Oc2cc(F)ccc2F)c(N)c1. The van der Waals surface area contributed by atoms with Crippen molar-refractivity contribution in [2.24, 2.45) is 0 Å². The highest BCUT2D eigenvalue weighted by molar-refractivity contribution is 5.95. The van der Waals surface area contributed by atoms with Crippen molar-refractivity contribution in [2.45, 2.75) is 6.92 Å². The zero-order chi connectivity index (χ0) is 15.4. The maximum atomic E-state index is 13.5. The third kappa shape index (κ3) is 3.47. The lowest BCUT2D eigenvalue weighted by Gasteiger charge is -2.10. The van der Waals surface area contributed by atoms with Gasteiger partial charge in [-0.2, -0.15) is 0 Å². The van der Waals surface area contributed by atoms with Crippen molar-refractivity contribution in [3.8, 4) is 11.5 Å². The van der Waals surface area contributed by atoms with Crippen molar-refractivity contribution in [3.05, 3.63) is 53.6 Å². The number of halogens is 2. The first-order chi connectivity index (χ1) is 10.0. The summed E-state index contributed by atoms with van der Waals surface area (Å²) < 4.78 is 31.8. The summed E-state index contributed by atoms with van der Waals surface area (Å²) in [5, 5.41) is 2.63. The van der Waals surface area contributed by atoms with Crippen molar-refractivity contribution in [1.82, 2.24) is 5.32 Å². The Labute approximate surface area is 120 Å². The molecule has 110 valence electrons. The lowest BCUT2D eigenvalue weighted by molar-refractivity contribution is 0.0956. The van der Waals surface area contributed by atoms with Crippen LogP contribution in [-0.2, 0) is 0 Å². The van der Waals surface area contributed by atoms with Gasteiger partial charge in [-0.3, -0.25) is 4.79 Å². The van der Waals surface area contributed by atoms with Gasteiger partial charge < -0.3 is 15.8 Å². The van der Waals surface area contributed by atoms with E-state index in [0.29, 0.717) is 12.1 Å². The lowest BCUT2D eigenvalue weighted by Crippen LogP contribution is -2.22. The number of carbonyl (C=O) groups is 1. The van der Waals surface area contributed by atoms with E-state index < -0.39 is 11.6 Å². The topological polar surface area (TPSA) is 64.3 Å². The third-order valence-corrected chi connectivity index (χ3v) is 2.72. The minimum Gasteiger partial charge on any atom is -0.452 e. The minimum absolute atomic E-state index is 0.146. The van der Waals surface area contributed by atoms with E-state index in [-0.39, 0.29) is 23.1 Å². The molecule has 0 saturated heterocycles. The van der Waals surface area contributed by atoms with Gasteiger partial charge in [0.1, 0.15) is 5.82 Å². The van der Waals surface area contributed by atoms with Crippen LogP contribution in [0.3, 0.4) is 0 Å². The number of benzene rings is 2. The number of nitrogens with one attached hydrogen (secondary N) is 1. The molecule has 6 heteroatoms. The average Bonchev–Trinajstić information content (AvgIpc) is 2.45. The van der Waals surface area contributed by atoms with Crippen LogP contribution in [0.4, 0.5) is 14.5 Å². The van der Waals surface area contributed by atoms with E-state index in [4.69, 9.17) is 10.5 Å². The first-order valence-corrected chi connectivity index (χ1v) is 6.32. The zero-order valence-electron chi connectivity index (χ0n) is 11.3. The van der Waals surface area contributed by atoms with Gasteiger partial charge in [0.25, 0.3) is 5.91 Å². The molecule has 0 heterocycles. The highest BCUT2D eigenvalue weighted by Gasteiger charge is 2.11. The largest absolute Gasteiger partial charge is 0.452 e. The number of hydrogen-bond donors (Lipinski definition) is 2. The van der Waals surface area contributed by atoms with E-state index in [9.17, 15) is 13.6 Å². The highest BCUT2D eigenvalue weighted by Crippen LogP contribution is 2.30. The number of carbonyl (C=O) groups excluding carboxylic acids is 1. The number of hydrogen-bond acceptors (Lipinski definition) is 3. The summed E-state index contributed by atoms with van der Waals surface area (Å²) in [5.74, 6) is -1.72. The van der Waals surface area contributed by atoms with Gasteiger partial charge in [0, 0.05) is 18.2 Å². The molecular weight excluding hydrogens is 278 g/mol. The van der Waals surface area contributed by atoms with E-state index in [1.165, 1.54) is 18.2 Å². The minimum atomic E-state index is -0.705. The highest BCUT2D eigenvalue weighted by atomic mass is 19.1. The first-order valence-electron chi connectivity index (χ1n) is 6.32. The number of ether oxygens (including phenoxy) is 1. The monoisotopic (exact) mass is 292 g/mol. The molecule has 0 bridgehead atoms. The summed E-state index contributed by atoms with van der Waals surface area (Å²) in [4.78, 5) is 11.6. The van der Waals surface area contributed by atoms with Crippen molar-refractivity contribution in [1.29, 1.82) is 0 Å². The van der Waals surface area contributed by atoms with Gasteiger partial charge >= 0.3 is 0 Å². The molecule has 0 fully saturated rings. The molecule has 0 unspecified atom stereocenters. The molecule has 2 rings (SSSR count). The predicted molar refractivity (Wildman–Crippen MR) is 75.3 cm³/mol. The zero-order valence-corrected chi connectivity index (χ0v) is 11.3. The van der Waals surface area contributed by atoms with Crippen LogP contribution in [0.5, 0.6) is 11.5 Å². The van der Waals surface area contributed by atoms with Crippen molar-refractivity contribution in [3.63, 3.8) is 0 Å². The first kappa shape index (κ1) is 14.8. The van der Waals surface area contributed by atoms with E-state index >= 15 is 0 Å². The molecule has 0 spiro atoms. The Bertz CT molecular complexity index is 675. The Hall–Kier alpha value is -2.63. The Morgan fingerprint density at radius 1 is 1.19 bits per heavy atom. The molecule has 0 saturated carbocycles. The molecule has 0 aliphatic rings. The summed E-state index contributed by atoms with van der Waals surface area (Å²) >= 11 is 0. The van der Waals surface area contributed by atoms with Gasteiger partial charge in [-0.25, -0.2) is 8.78 Å². The van der Waals surface area contributed by atoms with Crippen LogP contribution in [-0.4, -0.2) is 12.5 Å².